The van der Waals surface area contributed by atoms with E-state index in [2.05, 4.69) is 0 Å². The zero-order chi connectivity index (χ0) is 33.9. The summed E-state index contributed by atoms with van der Waals surface area (Å²) in [4.78, 5) is 28.7. The molecule has 1 N–H and O–H groups in total. The Balaban J connectivity index is 1.58. The molecule has 0 spiro atoms. The molecule has 250 valence electrons. The number of carbonyl (C=O) groups is 2. The number of fused-ring (bicyclic) bond motifs is 3. The number of carbonyl (C=O) groups excluding carboxylic acids is 2. The number of rotatable bonds is 5. The van der Waals surface area contributed by atoms with Gasteiger partial charge in [0.05, 0.1) is 29.9 Å². The number of aliphatic hydroxyl groups is 1. The molecule has 2 unspecified atom stereocenters. The maximum atomic E-state index is 16.2. The highest BCUT2D eigenvalue weighted by atomic mass is 19.3. The second-order valence-corrected chi connectivity index (χ2v) is 14.2. The van der Waals surface area contributed by atoms with Crippen molar-refractivity contribution < 1.29 is 41.7 Å². The van der Waals surface area contributed by atoms with Crippen molar-refractivity contribution in [1.29, 1.82) is 0 Å². The lowest BCUT2D eigenvalue weighted by Crippen LogP contribution is -2.53. The highest BCUT2D eigenvalue weighted by Gasteiger charge is 2.44. The molecule has 0 radical (unpaired) electrons. The van der Waals surface area contributed by atoms with E-state index < -0.39 is 77.7 Å². The van der Waals surface area contributed by atoms with Gasteiger partial charge >= 0.3 is 12.2 Å². The van der Waals surface area contributed by atoms with Crippen LogP contribution in [0.3, 0.4) is 0 Å². The van der Waals surface area contributed by atoms with Crippen molar-refractivity contribution in [2.45, 2.75) is 90.7 Å². The van der Waals surface area contributed by atoms with Crippen LogP contribution in [-0.4, -0.2) is 75.0 Å². The van der Waals surface area contributed by atoms with Crippen molar-refractivity contribution in [3.05, 3.63) is 70.4 Å². The highest BCUT2D eigenvalue weighted by Crippen LogP contribution is 2.45. The van der Waals surface area contributed by atoms with E-state index in [9.17, 15) is 23.5 Å². The molecular formula is C34H41F4N3O5. The molecule has 46 heavy (non-hydrogen) atoms. The van der Waals surface area contributed by atoms with Crippen LogP contribution in [0.25, 0.3) is 10.9 Å². The fourth-order valence-corrected chi connectivity index (χ4v) is 6.40. The van der Waals surface area contributed by atoms with E-state index in [0.717, 1.165) is 12.1 Å². The number of nitrogens with zero attached hydrogens (tertiary/aromatic N) is 3. The second kappa shape index (κ2) is 12.2. The van der Waals surface area contributed by atoms with Crippen molar-refractivity contribution in [2.75, 3.05) is 19.6 Å². The van der Waals surface area contributed by atoms with Crippen LogP contribution in [0.4, 0.5) is 27.2 Å². The molecule has 0 aliphatic carbocycles. The van der Waals surface area contributed by atoms with E-state index in [1.807, 2.05) is 0 Å². The number of amides is 1. The van der Waals surface area contributed by atoms with Crippen LogP contribution in [0.1, 0.15) is 83.0 Å². The number of alkyl halides is 2. The first-order chi connectivity index (χ1) is 21.4. The third-order valence-corrected chi connectivity index (χ3v) is 8.33. The number of hydrogen-bond acceptors (Lipinski definition) is 6. The smallest absolute Gasteiger partial charge is 0.419 e. The molecule has 3 aromatic rings. The maximum absolute atomic E-state index is 16.2. The Labute approximate surface area is 265 Å². The summed E-state index contributed by atoms with van der Waals surface area (Å²) >= 11 is 0. The Morgan fingerprint density at radius 3 is 2.09 bits per heavy atom. The van der Waals surface area contributed by atoms with Gasteiger partial charge in [-0.2, -0.15) is 0 Å². The van der Waals surface area contributed by atoms with Crippen LogP contribution in [0.2, 0.25) is 0 Å². The van der Waals surface area contributed by atoms with Gasteiger partial charge in [0.25, 0.3) is 6.43 Å². The summed E-state index contributed by atoms with van der Waals surface area (Å²) in [6.07, 6.45) is -5.23. The SMILES string of the molecule is CC1Cc2c(n(C(=O)OC(C)(C)C)c3ccccc23)C(c2c(F)cc([C@H](O)C3CN(C(=O)OC(C)(C)C)C3)cc2F)N1CC(F)F. The van der Waals surface area contributed by atoms with Gasteiger partial charge in [0.15, 0.2) is 0 Å². The van der Waals surface area contributed by atoms with Crippen molar-refractivity contribution >= 4 is 23.1 Å². The minimum Gasteiger partial charge on any atom is -0.444 e. The van der Waals surface area contributed by atoms with Gasteiger partial charge in [-0.15, -0.1) is 0 Å². The van der Waals surface area contributed by atoms with Gasteiger partial charge in [0.2, 0.25) is 0 Å². The quantitative estimate of drug-likeness (QED) is 0.295. The van der Waals surface area contributed by atoms with Crippen LogP contribution in [0.5, 0.6) is 0 Å². The molecule has 2 aliphatic heterocycles. The van der Waals surface area contributed by atoms with Gasteiger partial charge in [0, 0.05) is 36.0 Å². The average Bonchev–Trinajstić information content (AvgIpc) is 3.20. The summed E-state index contributed by atoms with van der Waals surface area (Å²) in [7, 11) is 0. The molecule has 5 rings (SSSR count). The number of ether oxygens (including phenoxy) is 2. The molecule has 3 heterocycles. The van der Waals surface area contributed by atoms with Gasteiger partial charge in [-0.25, -0.2) is 31.7 Å². The molecule has 12 heteroatoms. The summed E-state index contributed by atoms with van der Waals surface area (Å²) in [5, 5.41) is 11.7. The first-order valence-corrected chi connectivity index (χ1v) is 15.4. The molecule has 1 saturated heterocycles. The molecule has 0 saturated carbocycles. The van der Waals surface area contributed by atoms with Gasteiger partial charge in [-0.1, -0.05) is 18.2 Å². The number of benzene rings is 2. The van der Waals surface area contributed by atoms with E-state index in [1.165, 1.54) is 14.4 Å². The lowest BCUT2D eigenvalue weighted by molar-refractivity contribution is -0.0316. The third kappa shape index (κ3) is 6.60. The number of halogens is 4. The average molecular weight is 648 g/mol. The molecule has 0 bridgehead atoms. The maximum Gasteiger partial charge on any atom is 0.419 e. The molecule has 2 aromatic carbocycles. The fourth-order valence-electron chi connectivity index (χ4n) is 6.40. The number of likely N-dealkylation sites (tertiary alicyclic amines) is 1. The van der Waals surface area contributed by atoms with E-state index >= 15 is 8.78 Å². The molecule has 1 aromatic heterocycles. The molecule has 2 aliphatic rings. The van der Waals surface area contributed by atoms with Crippen LogP contribution >= 0.6 is 0 Å². The van der Waals surface area contributed by atoms with E-state index in [0.29, 0.717) is 16.5 Å². The monoisotopic (exact) mass is 647 g/mol. The topological polar surface area (TPSA) is 84.2 Å². The van der Waals surface area contributed by atoms with Crippen LogP contribution in [-0.2, 0) is 15.9 Å². The molecule has 3 atom stereocenters. The van der Waals surface area contributed by atoms with Crippen molar-refractivity contribution in [3.63, 3.8) is 0 Å². The molecular weight excluding hydrogens is 606 g/mol. The lowest BCUT2D eigenvalue weighted by Gasteiger charge is -2.42. The van der Waals surface area contributed by atoms with Crippen molar-refractivity contribution in [1.82, 2.24) is 14.4 Å². The molecule has 8 nitrogen and oxygen atoms in total. The summed E-state index contributed by atoms with van der Waals surface area (Å²) in [6.45, 7) is 11.4. The van der Waals surface area contributed by atoms with Crippen molar-refractivity contribution in [3.8, 4) is 0 Å². The number of aromatic nitrogens is 1. The zero-order valence-electron chi connectivity index (χ0n) is 27.1. The number of hydrogen-bond donors (Lipinski definition) is 1. The summed E-state index contributed by atoms with van der Waals surface area (Å²) in [5.74, 6) is -2.60. The standard InChI is InChI=1S/C34H41F4N3O5/c1-18-12-22-21-10-8-9-11-25(21)41(32(44)46-34(5,6)7)28(22)29(40(18)17-26(37)38)27-23(35)13-19(14-24(27)36)30(42)20-15-39(16-20)31(43)45-33(2,3)4/h8-11,13-14,18,20,26,29-30,42H,12,15-17H2,1-7H3/t18?,29?,30-/m0/s1. The summed E-state index contributed by atoms with van der Waals surface area (Å²) in [6, 6.07) is 6.97. The van der Waals surface area contributed by atoms with Gasteiger partial charge in [-0.05, 0) is 84.2 Å². The first kappa shape index (κ1) is 33.7. The van der Waals surface area contributed by atoms with Crippen molar-refractivity contribution in [2.24, 2.45) is 5.92 Å². The van der Waals surface area contributed by atoms with Gasteiger partial charge in [0.1, 0.15) is 22.8 Å². The first-order valence-electron chi connectivity index (χ1n) is 15.4. The van der Waals surface area contributed by atoms with Crippen LogP contribution < -0.4 is 0 Å². The number of aliphatic hydroxyl groups excluding tert-OH is 1. The normalized spacial score (nSPS) is 20.1. The summed E-state index contributed by atoms with van der Waals surface area (Å²) in [5.41, 5.74) is -0.968. The zero-order valence-corrected chi connectivity index (χ0v) is 27.1. The van der Waals surface area contributed by atoms with Gasteiger partial charge < -0.3 is 19.5 Å². The molecule has 1 amide bonds. The minimum atomic E-state index is -2.83. The summed E-state index contributed by atoms with van der Waals surface area (Å²) < 4.78 is 72.8. The van der Waals surface area contributed by atoms with E-state index in [-0.39, 0.29) is 30.8 Å². The van der Waals surface area contributed by atoms with Crippen LogP contribution in [0, 0.1) is 17.6 Å². The van der Waals surface area contributed by atoms with Gasteiger partial charge in [-0.3, -0.25) is 4.90 Å². The van der Waals surface area contributed by atoms with Crippen LogP contribution in [0.15, 0.2) is 36.4 Å². The largest absolute Gasteiger partial charge is 0.444 e. The Morgan fingerprint density at radius 2 is 1.52 bits per heavy atom. The lowest BCUT2D eigenvalue weighted by atomic mass is 9.85. The second-order valence-electron chi connectivity index (χ2n) is 14.2. The van der Waals surface area contributed by atoms with E-state index in [4.69, 9.17) is 9.47 Å². The predicted molar refractivity (Wildman–Crippen MR) is 164 cm³/mol. The molecule has 1 fully saturated rings. The number of para-hydroxylation sites is 1. The fraction of sp³-hybridized carbons (Fsp3) is 0.529. The van der Waals surface area contributed by atoms with E-state index in [1.54, 1.807) is 72.7 Å². The predicted octanol–water partition coefficient (Wildman–Crippen LogP) is 7.20. The Bertz CT molecular complexity index is 1610. The minimum absolute atomic E-state index is 0.0511. The Hall–Kier alpha value is -3.64. The Kier molecular flexibility index (Phi) is 8.93. The third-order valence-electron chi connectivity index (χ3n) is 8.33. The highest BCUT2D eigenvalue weighted by molar-refractivity contribution is 5.94. The Morgan fingerprint density at radius 1 is 0.957 bits per heavy atom.